The van der Waals surface area contributed by atoms with Crippen LogP contribution in [0, 0.1) is 0 Å². The molecule has 0 fully saturated rings. The summed E-state index contributed by atoms with van der Waals surface area (Å²) in [5.74, 6) is -2.55. The van der Waals surface area contributed by atoms with Gasteiger partial charge in [-0.1, -0.05) is 20.8 Å². The maximum Gasteiger partial charge on any atom is 0.305 e. The Labute approximate surface area is 233 Å². The number of hydrogen-bond donors (Lipinski definition) is 8. The molecule has 0 aliphatic carbocycles. The molecule has 0 radical (unpaired) electrons. The highest BCUT2D eigenvalue weighted by Crippen LogP contribution is 2.38. The van der Waals surface area contributed by atoms with Gasteiger partial charge in [0.05, 0.1) is 36.1 Å². The number of carboxylic acids is 1. The lowest BCUT2D eigenvalue weighted by molar-refractivity contribution is -0.137. The van der Waals surface area contributed by atoms with E-state index in [0.29, 0.717) is 22.7 Å². The number of aliphatic hydroxyl groups excluding tert-OH is 1. The molecule has 0 aromatic heterocycles. The molecule has 1 heterocycles. The Hall–Kier alpha value is -3.84. The number of aliphatic imine (C=N–C) groups is 1. The third kappa shape index (κ3) is 8.32. The Morgan fingerprint density at radius 1 is 1.15 bits per heavy atom. The van der Waals surface area contributed by atoms with Gasteiger partial charge in [-0.05, 0) is 51.2 Å². The van der Waals surface area contributed by atoms with E-state index in [1.165, 1.54) is 18.2 Å². The molecule has 3 rings (SSSR count). The molecule has 0 saturated heterocycles. The van der Waals surface area contributed by atoms with Crippen LogP contribution in [0.1, 0.15) is 54.7 Å². The molecule has 8 N–H and O–H groups in total. The van der Waals surface area contributed by atoms with Gasteiger partial charge in [-0.25, -0.2) is 0 Å². The number of aromatic hydroxyl groups is 2. The van der Waals surface area contributed by atoms with E-state index in [1.807, 2.05) is 20.8 Å². The molecule has 0 saturated carbocycles. The summed E-state index contributed by atoms with van der Waals surface area (Å²) < 4.78 is 0.363. The number of guanidine groups is 1. The number of hydrogen-bond acceptors (Lipinski definition) is 9. The minimum absolute atomic E-state index is 0.0586. The van der Waals surface area contributed by atoms with Gasteiger partial charge in [-0.3, -0.25) is 19.4 Å². The van der Waals surface area contributed by atoms with Crippen molar-refractivity contribution >= 4 is 45.4 Å². The summed E-state index contributed by atoms with van der Waals surface area (Å²) in [6.07, 6.45) is -1.10. The summed E-state index contributed by atoms with van der Waals surface area (Å²) in [4.78, 5) is 41.1. The number of aliphatic hydroxyl groups is 1. The molecular weight excluding hydrogens is 574 g/mol. The van der Waals surface area contributed by atoms with Gasteiger partial charge in [0.15, 0.2) is 5.96 Å². The molecule has 2 aromatic rings. The highest BCUT2D eigenvalue weighted by atomic mass is 79.9. The van der Waals surface area contributed by atoms with Gasteiger partial charge in [0.25, 0.3) is 5.91 Å². The minimum atomic E-state index is -1.19. The molecule has 1 aliphatic rings. The normalized spacial score (nSPS) is 15.9. The van der Waals surface area contributed by atoms with Gasteiger partial charge in [-0.15, -0.1) is 0 Å². The predicted molar refractivity (Wildman–Crippen MR) is 148 cm³/mol. The van der Waals surface area contributed by atoms with Crippen molar-refractivity contribution in [1.29, 1.82) is 0 Å². The van der Waals surface area contributed by atoms with Gasteiger partial charge < -0.3 is 41.7 Å². The average Bonchev–Trinajstić information content (AvgIpc) is 2.84. The van der Waals surface area contributed by atoms with Crippen LogP contribution in [0.5, 0.6) is 11.5 Å². The second-order valence-corrected chi connectivity index (χ2v) is 11.0. The van der Waals surface area contributed by atoms with Crippen molar-refractivity contribution in [2.75, 3.05) is 25.0 Å². The van der Waals surface area contributed by atoms with Gasteiger partial charge in [-0.2, -0.15) is 0 Å². The number of carbonyl (C=O) groups excluding carboxylic acids is 2. The lowest BCUT2D eigenvalue weighted by Gasteiger charge is -2.25. The van der Waals surface area contributed by atoms with E-state index in [9.17, 15) is 34.8 Å². The number of phenolic OH excluding ortho intramolecular Hbond substituents is 2. The van der Waals surface area contributed by atoms with Crippen LogP contribution in [0.25, 0.3) is 0 Å². The summed E-state index contributed by atoms with van der Waals surface area (Å²) >= 11 is 3.30. The molecule has 13 heteroatoms. The lowest BCUT2D eigenvalue weighted by atomic mass is 9.85. The quantitative estimate of drug-likeness (QED) is 0.222. The minimum Gasteiger partial charge on any atom is -0.508 e. The number of nitrogens with zero attached hydrogens (tertiary/aromatic N) is 1. The van der Waals surface area contributed by atoms with E-state index < -0.39 is 42.9 Å². The van der Waals surface area contributed by atoms with E-state index in [2.05, 4.69) is 42.2 Å². The summed E-state index contributed by atoms with van der Waals surface area (Å²) in [5.41, 5.74) is 1.15. The Morgan fingerprint density at radius 3 is 2.49 bits per heavy atom. The van der Waals surface area contributed by atoms with E-state index in [4.69, 9.17) is 0 Å². The number of phenols is 2. The molecule has 2 amide bonds. The zero-order chi connectivity index (χ0) is 28.9. The molecule has 0 spiro atoms. The molecule has 12 nitrogen and oxygen atoms in total. The van der Waals surface area contributed by atoms with Crippen LogP contribution in [0.15, 0.2) is 39.8 Å². The highest BCUT2D eigenvalue weighted by molar-refractivity contribution is 9.10. The Morgan fingerprint density at radius 2 is 1.87 bits per heavy atom. The number of β-amino-alcohol motifs (C(OH)–C–C–N with tert-alkyl or cyclic N) is 1. The Bertz CT molecular complexity index is 1290. The number of nitrogens with one attached hydrogen (secondary N) is 4. The number of benzene rings is 2. The smallest absolute Gasteiger partial charge is 0.305 e. The van der Waals surface area contributed by atoms with Crippen LogP contribution in [0.3, 0.4) is 0 Å². The fraction of sp³-hybridized carbons (Fsp3) is 0.385. The van der Waals surface area contributed by atoms with Crippen LogP contribution in [-0.2, 0) is 15.0 Å². The topological polar surface area (TPSA) is 193 Å². The first-order chi connectivity index (χ1) is 18.2. The Kier molecular flexibility index (Phi) is 9.41. The summed E-state index contributed by atoms with van der Waals surface area (Å²) in [6.45, 7) is 5.89. The Balaban J connectivity index is 1.71. The van der Waals surface area contributed by atoms with Crippen molar-refractivity contribution in [2.24, 2.45) is 4.99 Å². The summed E-state index contributed by atoms with van der Waals surface area (Å²) in [6, 6.07) is 6.37. The van der Waals surface area contributed by atoms with Gasteiger partial charge in [0.1, 0.15) is 11.5 Å². The van der Waals surface area contributed by atoms with Gasteiger partial charge >= 0.3 is 5.97 Å². The zero-order valence-corrected chi connectivity index (χ0v) is 23.3. The third-order valence-electron chi connectivity index (χ3n) is 5.87. The van der Waals surface area contributed by atoms with Crippen molar-refractivity contribution < 1.29 is 34.8 Å². The fourth-order valence-electron chi connectivity index (χ4n) is 3.81. The molecule has 210 valence electrons. The van der Waals surface area contributed by atoms with E-state index >= 15 is 0 Å². The first-order valence-electron chi connectivity index (χ1n) is 12.1. The molecule has 1 aliphatic heterocycles. The lowest BCUT2D eigenvalue weighted by Crippen LogP contribution is -2.42. The van der Waals surface area contributed by atoms with Crippen LogP contribution in [0.2, 0.25) is 0 Å². The molecule has 39 heavy (non-hydrogen) atoms. The largest absolute Gasteiger partial charge is 0.508 e. The van der Waals surface area contributed by atoms with E-state index in [-0.39, 0.29) is 34.6 Å². The van der Waals surface area contributed by atoms with Gasteiger partial charge in [0.2, 0.25) is 5.91 Å². The second-order valence-electron chi connectivity index (χ2n) is 10.2. The van der Waals surface area contributed by atoms with Crippen molar-refractivity contribution in [3.8, 4) is 11.5 Å². The zero-order valence-electron chi connectivity index (χ0n) is 21.7. The van der Waals surface area contributed by atoms with Crippen LogP contribution < -0.4 is 21.3 Å². The highest BCUT2D eigenvalue weighted by Gasteiger charge is 2.26. The van der Waals surface area contributed by atoms with E-state index in [1.54, 1.807) is 12.1 Å². The number of aliphatic carboxylic acids is 1. The third-order valence-corrected chi connectivity index (χ3v) is 6.47. The van der Waals surface area contributed by atoms with Gasteiger partial charge in [0, 0.05) is 29.4 Å². The average molecular weight is 606 g/mol. The summed E-state index contributed by atoms with van der Waals surface area (Å²) in [5, 5.41) is 50.5. The van der Waals surface area contributed by atoms with Crippen LogP contribution >= 0.6 is 15.9 Å². The van der Waals surface area contributed by atoms with Crippen LogP contribution in [-0.4, -0.2) is 69.9 Å². The molecular formula is C26H32BrN5O7. The van der Waals surface area contributed by atoms with Crippen LogP contribution in [0.4, 0.5) is 5.69 Å². The van der Waals surface area contributed by atoms with Crippen molar-refractivity contribution in [2.45, 2.75) is 44.8 Å². The number of carboxylic acid groups (broad SMARTS) is 1. The summed E-state index contributed by atoms with van der Waals surface area (Å²) in [7, 11) is 0. The maximum absolute atomic E-state index is 12.7. The number of halogens is 1. The number of carbonyl (C=O) groups is 3. The maximum atomic E-state index is 12.7. The predicted octanol–water partition coefficient (Wildman–Crippen LogP) is 1.95. The number of amides is 2. The second kappa shape index (κ2) is 12.3. The molecule has 0 bridgehead atoms. The molecule has 1 unspecified atom stereocenters. The molecule has 2 aromatic carbocycles. The SMILES string of the molecule is CC(C)(C)c1cc(Br)c(O)c([C@H](CC(=O)O)NC(=O)CNC(=O)c2cc(O)cc(NC3=NCC(O)CN3)c2)c1. The fourth-order valence-corrected chi connectivity index (χ4v) is 4.28. The van der Waals surface area contributed by atoms with Crippen molar-refractivity contribution in [1.82, 2.24) is 16.0 Å². The first kappa shape index (κ1) is 29.7. The van der Waals surface area contributed by atoms with Crippen molar-refractivity contribution in [3.63, 3.8) is 0 Å². The standard InChI is InChI=1S/C26H32BrN5O7/c1-26(2,3)14-6-18(23(38)19(27)7-14)20(9-22(36)37)32-21(35)12-28-24(39)13-4-15(8-16(33)5-13)31-25-29-10-17(34)11-30-25/h4-8,17,20,33-34,38H,9-12H2,1-3H3,(H,28,39)(H,32,35)(H,36,37)(H2,29,30,31)/t20-/m0/s1. The van der Waals surface area contributed by atoms with Crippen molar-refractivity contribution in [3.05, 3.63) is 51.5 Å². The monoisotopic (exact) mass is 605 g/mol. The molecule has 2 atom stereocenters. The number of anilines is 1. The first-order valence-corrected chi connectivity index (χ1v) is 12.9. The van der Waals surface area contributed by atoms with E-state index in [0.717, 1.165) is 5.56 Å². The number of rotatable bonds is 8.